The minimum atomic E-state index is 0.646. The van der Waals surface area contributed by atoms with E-state index in [1.54, 1.807) is 38.5 Å². The van der Waals surface area contributed by atoms with Crippen LogP contribution < -0.4 is 0 Å². The second-order valence-electron chi connectivity index (χ2n) is 13.0. The Kier molecular flexibility index (Phi) is 12.6. The predicted molar refractivity (Wildman–Crippen MR) is 146 cm³/mol. The summed E-state index contributed by atoms with van der Waals surface area (Å²) in [6.45, 7) is 2.79. The van der Waals surface area contributed by atoms with E-state index in [9.17, 15) is 0 Å². The molecule has 0 nitrogen and oxygen atoms in total. The summed E-state index contributed by atoms with van der Waals surface area (Å²) in [4.78, 5) is 0. The smallest absolute Gasteiger partial charge is 0.0694 e. The molecule has 3 fully saturated rings. The highest BCUT2D eigenvalue weighted by Gasteiger charge is 2.44. The Hall–Kier alpha value is 0.0649. The van der Waals surface area contributed by atoms with Crippen LogP contribution in [0.3, 0.4) is 0 Å². The number of hydrogen-bond donors (Lipinski definition) is 0. The van der Waals surface area contributed by atoms with E-state index in [-0.39, 0.29) is 0 Å². The Morgan fingerprint density at radius 1 is 0.469 bits per heavy atom. The normalized spacial score (nSPS) is 38.4. The average Bonchev–Trinajstić information content (AvgIpc) is 2.79. The summed E-state index contributed by atoms with van der Waals surface area (Å²) in [5.74, 6) is 4.05. The lowest BCUT2D eigenvalue weighted by Gasteiger charge is -2.51. The maximum absolute atomic E-state index is 2.79. The first-order valence-corrected chi connectivity index (χ1v) is 15.7. The van der Waals surface area contributed by atoms with Crippen molar-refractivity contribution in [1.29, 1.82) is 0 Å². The molecule has 0 N–H and O–H groups in total. The third kappa shape index (κ3) is 9.02. The van der Waals surface area contributed by atoms with Gasteiger partial charge in [-0.3, -0.25) is 0 Å². The Balaban J connectivity index is 1.63. The van der Waals surface area contributed by atoms with Crippen molar-refractivity contribution < 1.29 is 0 Å². The lowest BCUT2D eigenvalue weighted by atomic mass is 9.54. The van der Waals surface area contributed by atoms with Crippen LogP contribution in [-0.4, -0.2) is 7.85 Å². The predicted octanol–water partition coefficient (Wildman–Crippen LogP) is 10.1. The first kappa shape index (κ1) is 26.7. The van der Waals surface area contributed by atoms with Gasteiger partial charge in [0.25, 0.3) is 0 Å². The summed E-state index contributed by atoms with van der Waals surface area (Å²) in [5.41, 5.74) is 0.646. The van der Waals surface area contributed by atoms with Gasteiger partial charge in [-0.05, 0) is 55.3 Å². The molecule has 186 valence electrons. The standard InChI is InChI=1S/C31H59B/c1-31(29-21-17-13-10-14-18-22-30(32)26-29)24-23-27-19-15-11-8-6-4-2-3-5-7-9-12-16-20-28(31)25-27/h27-30H,2-26,32H2,1H3. The summed E-state index contributed by atoms with van der Waals surface area (Å²) in [7, 11) is 2.59. The van der Waals surface area contributed by atoms with Gasteiger partial charge in [0.05, 0.1) is 0 Å². The van der Waals surface area contributed by atoms with Crippen molar-refractivity contribution in [3.05, 3.63) is 0 Å². The Morgan fingerprint density at radius 3 is 1.41 bits per heavy atom. The molecule has 0 heterocycles. The van der Waals surface area contributed by atoms with Gasteiger partial charge in [-0.25, -0.2) is 0 Å². The maximum Gasteiger partial charge on any atom is 0.105 e. The van der Waals surface area contributed by atoms with E-state index in [1.807, 2.05) is 0 Å². The van der Waals surface area contributed by atoms with Crippen LogP contribution >= 0.6 is 0 Å². The van der Waals surface area contributed by atoms with Crippen LogP contribution in [0.15, 0.2) is 0 Å². The van der Waals surface area contributed by atoms with Crippen molar-refractivity contribution in [2.75, 3.05) is 0 Å². The fourth-order valence-electron chi connectivity index (χ4n) is 8.08. The summed E-state index contributed by atoms with van der Waals surface area (Å²) >= 11 is 0. The van der Waals surface area contributed by atoms with Gasteiger partial charge in [-0.2, -0.15) is 0 Å². The zero-order valence-corrected chi connectivity index (χ0v) is 22.5. The second kappa shape index (κ2) is 15.1. The van der Waals surface area contributed by atoms with Crippen LogP contribution in [0.25, 0.3) is 0 Å². The Bertz CT molecular complexity index is 473. The van der Waals surface area contributed by atoms with E-state index >= 15 is 0 Å². The molecule has 1 heteroatoms. The van der Waals surface area contributed by atoms with Crippen LogP contribution in [0.2, 0.25) is 5.82 Å². The Morgan fingerprint density at radius 2 is 0.875 bits per heavy atom. The van der Waals surface area contributed by atoms with E-state index in [0.29, 0.717) is 5.41 Å². The highest BCUT2D eigenvalue weighted by molar-refractivity contribution is 6.11. The minimum absolute atomic E-state index is 0.646. The number of hydrogen-bond acceptors (Lipinski definition) is 0. The van der Waals surface area contributed by atoms with Crippen molar-refractivity contribution in [3.8, 4) is 0 Å². The molecule has 0 aromatic rings. The third-order valence-electron chi connectivity index (χ3n) is 10.4. The molecular formula is C31H59B. The molecule has 3 aliphatic rings. The van der Waals surface area contributed by atoms with Gasteiger partial charge in [-0.15, -0.1) is 0 Å². The fourth-order valence-corrected chi connectivity index (χ4v) is 8.08. The van der Waals surface area contributed by atoms with Crippen LogP contribution in [0.4, 0.5) is 0 Å². The zero-order chi connectivity index (χ0) is 22.5. The van der Waals surface area contributed by atoms with E-state index < -0.39 is 0 Å². The van der Waals surface area contributed by atoms with E-state index in [0.717, 1.165) is 23.6 Å². The summed E-state index contributed by atoms with van der Waals surface area (Å²) in [5, 5.41) is 0. The van der Waals surface area contributed by atoms with Crippen molar-refractivity contribution in [2.45, 2.75) is 173 Å². The van der Waals surface area contributed by atoms with Gasteiger partial charge in [0.15, 0.2) is 0 Å². The third-order valence-corrected chi connectivity index (χ3v) is 10.4. The monoisotopic (exact) mass is 442 g/mol. The van der Waals surface area contributed by atoms with Crippen LogP contribution in [0.5, 0.6) is 0 Å². The molecule has 0 radical (unpaired) electrons. The molecule has 0 aromatic heterocycles. The first-order chi connectivity index (χ1) is 15.7. The maximum atomic E-state index is 2.79. The molecule has 5 unspecified atom stereocenters. The van der Waals surface area contributed by atoms with Crippen LogP contribution in [0, 0.1) is 23.2 Å². The number of fused-ring (bicyclic) bond motifs is 2. The molecule has 32 heavy (non-hydrogen) atoms. The topological polar surface area (TPSA) is 0 Å². The SMILES string of the molecule is BC1CCCCCCCC(C2(C)CCC3CCCCCCCCCCCCCCC2C3)C1. The minimum Gasteiger partial charge on any atom is -0.0694 e. The molecule has 2 bridgehead atoms. The van der Waals surface area contributed by atoms with Crippen LogP contribution in [-0.2, 0) is 0 Å². The van der Waals surface area contributed by atoms with E-state index in [1.165, 1.54) is 122 Å². The van der Waals surface area contributed by atoms with Crippen LogP contribution in [0.1, 0.15) is 167 Å². The van der Waals surface area contributed by atoms with Crippen molar-refractivity contribution >= 4 is 7.85 Å². The lowest BCUT2D eigenvalue weighted by molar-refractivity contribution is 0.000505. The van der Waals surface area contributed by atoms with Gasteiger partial charge in [-0.1, -0.05) is 141 Å². The molecule has 5 atom stereocenters. The second-order valence-corrected chi connectivity index (χ2v) is 13.0. The highest BCUT2D eigenvalue weighted by Crippen LogP contribution is 2.54. The van der Waals surface area contributed by atoms with E-state index in [4.69, 9.17) is 0 Å². The zero-order valence-electron chi connectivity index (χ0n) is 22.5. The molecule has 3 saturated carbocycles. The van der Waals surface area contributed by atoms with Crippen molar-refractivity contribution in [2.24, 2.45) is 23.2 Å². The van der Waals surface area contributed by atoms with Crippen molar-refractivity contribution in [3.63, 3.8) is 0 Å². The van der Waals surface area contributed by atoms with Gasteiger partial charge in [0.1, 0.15) is 7.85 Å². The number of rotatable bonds is 1. The molecular weight excluding hydrogens is 383 g/mol. The molecule has 0 saturated heterocycles. The average molecular weight is 443 g/mol. The molecule has 0 aliphatic heterocycles. The molecule has 0 amide bonds. The van der Waals surface area contributed by atoms with Gasteiger partial charge >= 0.3 is 0 Å². The molecule has 0 aromatic carbocycles. The summed E-state index contributed by atoms with van der Waals surface area (Å²) in [6, 6.07) is 0. The first-order valence-electron chi connectivity index (χ1n) is 15.7. The van der Waals surface area contributed by atoms with Crippen molar-refractivity contribution in [1.82, 2.24) is 0 Å². The van der Waals surface area contributed by atoms with Gasteiger partial charge in [0, 0.05) is 0 Å². The largest absolute Gasteiger partial charge is 0.105 e. The molecule has 0 spiro atoms. The lowest BCUT2D eigenvalue weighted by Crippen LogP contribution is -2.41. The Labute approximate surface area is 204 Å². The quantitative estimate of drug-likeness (QED) is 0.354. The van der Waals surface area contributed by atoms with Gasteiger partial charge < -0.3 is 0 Å². The highest BCUT2D eigenvalue weighted by atomic mass is 14.5. The van der Waals surface area contributed by atoms with Gasteiger partial charge in [0.2, 0.25) is 0 Å². The molecule has 3 rings (SSSR count). The fraction of sp³-hybridized carbons (Fsp3) is 1.00. The van der Waals surface area contributed by atoms with E-state index in [2.05, 4.69) is 14.8 Å². The summed E-state index contributed by atoms with van der Waals surface area (Å²) < 4.78 is 0. The summed E-state index contributed by atoms with van der Waals surface area (Å²) in [6.07, 6.45) is 38.0. The molecule has 3 aliphatic carbocycles.